The van der Waals surface area contributed by atoms with Gasteiger partial charge >= 0.3 is 0 Å². The number of aliphatic hydroxyl groups is 2. The van der Waals surface area contributed by atoms with Crippen LogP contribution in [0.15, 0.2) is 0 Å². The van der Waals surface area contributed by atoms with E-state index in [1.54, 1.807) is 6.92 Å². The highest BCUT2D eigenvalue weighted by atomic mass is 16.6. The Hall–Kier alpha value is -0.650. The first-order valence-corrected chi connectivity index (χ1v) is 4.29. The van der Waals surface area contributed by atoms with Crippen LogP contribution in [0.25, 0.3) is 0 Å². The molecular weight excluding hydrogens is 174 g/mol. The molecule has 13 heavy (non-hydrogen) atoms. The molecule has 0 radical (unpaired) electrons. The monoisotopic (exact) mass is 189 g/mol. The van der Waals surface area contributed by atoms with E-state index in [9.17, 15) is 15.0 Å². The van der Waals surface area contributed by atoms with Crippen LogP contribution in [-0.4, -0.2) is 40.7 Å². The molecule has 0 saturated carbocycles. The Kier molecular flexibility index (Phi) is 3.24. The zero-order valence-electron chi connectivity index (χ0n) is 7.73. The first kappa shape index (κ1) is 10.4. The van der Waals surface area contributed by atoms with Gasteiger partial charge < -0.3 is 20.3 Å². The molecule has 76 valence electrons. The molecule has 1 aliphatic heterocycles. The normalized spacial score (nSPS) is 40.0. The van der Waals surface area contributed by atoms with Crippen LogP contribution in [0.5, 0.6) is 0 Å². The lowest BCUT2D eigenvalue weighted by Crippen LogP contribution is -2.54. The summed E-state index contributed by atoms with van der Waals surface area (Å²) < 4.78 is 4.96. The van der Waals surface area contributed by atoms with Crippen molar-refractivity contribution in [2.45, 2.75) is 44.8 Å². The lowest BCUT2D eigenvalue weighted by atomic mass is 10.00. The predicted molar refractivity (Wildman–Crippen MR) is 44.8 cm³/mol. The fourth-order valence-electron chi connectivity index (χ4n) is 1.47. The predicted octanol–water partition coefficient (Wildman–Crippen LogP) is -1.02. The average Bonchev–Trinajstić information content (AvgIpc) is 1.98. The summed E-state index contributed by atoms with van der Waals surface area (Å²) >= 11 is 0. The molecule has 0 unspecified atom stereocenters. The van der Waals surface area contributed by atoms with Crippen molar-refractivity contribution < 1.29 is 19.7 Å². The molecule has 0 aromatic carbocycles. The molecule has 5 nitrogen and oxygen atoms in total. The van der Waals surface area contributed by atoms with E-state index in [1.165, 1.54) is 6.92 Å². The first-order valence-electron chi connectivity index (χ1n) is 4.29. The summed E-state index contributed by atoms with van der Waals surface area (Å²) in [7, 11) is 0. The minimum Gasteiger partial charge on any atom is -0.388 e. The van der Waals surface area contributed by atoms with Crippen LogP contribution in [0.4, 0.5) is 0 Å². The molecule has 4 atom stereocenters. The maximum atomic E-state index is 10.7. The summed E-state index contributed by atoms with van der Waals surface area (Å²) in [6.07, 6.45) is -1.89. The number of hydrogen-bond acceptors (Lipinski definition) is 4. The fraction of sp³-hybridized carbons (Fsp3) is 0.875. The molecule has 5 heteroatoms. The summed E-state index contributed by atoms with van der Waals surface area (Å²) in [5.41, 5.74) is 0. The second-order valence-electron chi connectivity index (χ2n) is 3.33. The van der Waals surface area contributed by atoms with Gasteiger partial charge in [0.25, 0.3) is 0 Å². The van der Waals surface area contributed by atoms with Crippen LogP contribution < -0.4 is 5.32 Å². The molecule has 1 aliphatic rings. The van der Waals surface area contributed by atoms with Crippen molar-refractivity contribution in [2.75, 3.05) is 0 Å². The standard InChI is InChI=1S/C8H15NO4/c1-4-8(12)6(9-5(2)10)3-7(11)13-4/h4,6-8,11-12H,3H2,1-2H3,(H,9,10)/t4-,6+,7+,8+/m0/s1. The highest BCUT2D eigenvalue weighted by molar-refractivity contribution is 5.73. The maximum Gasteiger partial charge on any atom is 0.217 e. The molecule has 0 aromatic heterocycles. The van der Waals surface area contributed by atoms with E-state index in [0.717, 1.165) is 0 Å². The Balaban J connectivity index is 2.55. The van der Waals surface area contributed by atoms with Gasteiger partial charge in [0.1, 0.15) is 6.10 Å². The summed E-state index contributed by atoms with van der Waals surface area (Å²) in [5, 5.41) is 21.3. The topological polar surface area (TPSA) is 78.8 Å². The minimum absolute atomic E-state index is 0.217. The van der Waals surface area contributed by atoms with E-state index in [-0.39, 0.29) is 12.3 Å². The van der Waals surface area contributed by atoms with Crippen LogP contribution in [-0.2, 0) is 9.53 Å². The number of carbonyl (C=O) groups excluding carboxylic acids is 1. The minimum atomic E-state index is -0.907. The fourth-order valence-corrected chi connectivity index (χ4v) is 1.47. The SMILES string of the molecule is CC(=O)N[C@@H]1C[C@H](O)O[C@@H](C)[C@H]1O. The van der Waals surface area contributed by atoms with Crippen molar-refractivity contribution in [1.29, 1.82) is 0 Å². The van der Waals surface area contributed by atoms with Crippen molar-refractivity contribution in [3.05, 3.63) is 0 Å². The van der Waals surface area contributed by atoms with Gasteiger partial charge in [0.2, 0.25) is 5.91 Å². The molecular formula is C8H15NO4. The van der Waals surface area contributed by atoms with Gasteiger partial charge in [-0.15, -0.1) is 0 Å². The quantitative estimate of drug-likeness (QED) is 0.493. The van der Waals surface area contributed by atoms with Crippen molar-refractivity contribution in [1.82, 2.24) is 5.32 Å². The van der Waals surface area contributed by atoms with E-state index in [4.69, 9.17) is 4.74 Å². The van der Waals surface area contributed by atoms with E-state index >= 15 is 0 Å². The largest absolute Gasteiger partial charge is 0.388 e. The van der Waals surface area contributed by atoms with Crippen molar-refractivity contribution in [3.63, 3.8) is 0 Å². The Morgan fingerprint density at radius 1 is 1.54 bits per heavy atom. The smallest absolute Gasteiger partial charge is 0.217 e. The third-order valence-corrected chi connectivity index (χ3v) is 2.11. The molecule has 0 aromatic rings. The lowest BCUT2D eigenvalue weighted by Gasteiger charge is -2.35. The van der Waals surface area contributed by atoms with Gasteiger partial charge in [-0.3, -0.25) is 4.79 Å². The number of ether oxygens (including phenoxy) is 1. The molecule has 1 amide bonds. The third kappa shape index (κ3) is 2.65. The maximum absolute atomic E-state index is 10.7. The van der Waals surface area contributed by atoms with Gasteiger partial charge in [-0.2, -0.15) is 0 Å². The highest BCUT2D eigenvalue weighted by Crippen LogP contribution is 2.18. The van der Waals surface area contributed by atoms with E-state index in [2.05, 4.69) is 5.32 Å². The number of hydrogen-bond donors (Lipinski definition) is 3. The molecule has 1 rings (SSSR count). The summed E-state index contributed by atoms with van der Waals surface area (Å²) in [4.78, 5) is 10.7. The zero-order valence-corrected chi connectivity index (χ0v) is 7.73. The Bertz CT molecular complexity index is 197. The van der Waals surface area contributed by atoms with E-state index in [1.807, 2.05) is 0 Å². The number of rotatable bonds is 1. The zero-order chi connectivity index (χ0) is 10.0. The Morgan fingerprint density at radius 2 is 2.15 bits per heavy atom. The van der Waals surface area contributed by atoms with Crippen molar-refractivity contribution in [2.24, 2.45) is 0 Å². The molecule has 1 saturated heterocycles. The summed E-state index contributed by atoms with van der Waals surface area (Å²) in [5.74, 6) is -0.217. The van der Waals surface area contributed by atoms with Gasteiger partial charge in [0, 0.05) is 13.3 Å². The molecule has 1 heterocycles. The van der Waals surface area contributed by atoms with Gasteiger partial charge in [-0.1, -0.05) is 0 Å². The number of amides is 1. The molecule has 0 bridgehead atoms. The molecule has 3 N–H and O–H groups in total. The van der Waals surface area contributed by atoms with Crippen LogP contribution in [0.1, 0.15) is 20.3 Å². The second kappa shape index (κ2) is 4.04. The van der Waals surface area contributed by atoms with Crippen LogP contribution in [0, 0.1) is 0 Å². The Labute approximate surface area is 76.7 Å². The van der Waals surface area contributed by atoms with E-state index < -0.39 is 24.5 Å². The van der Waals surface area contributed by atoms with Crippen LogP contribution >= 0.6 is 0 Å². The van der Waals surface area contributed by atoms with Gasteiger partial charge in [-0.05, 0) is 6.92 Å². The van der Waals surface area contributed by atoms with Gasteiger partial charge in [0.05, 0.1) is 12.1 Å². The van der Waals surface area contributed by atoms with Crippen LogP contribution in [0.2, 0.25) is 0 Å². The first-order chi connectivity index (χ1) is 6.00. The Morgan fingerprint density at radius 3 is 2.69 bits per heavy atom. The number of nitrogens with one attached hydrogen (secondary N) is 1. The van der Waals surface area contributed by atoms with Crippen LogP contribution in [0.3, 0.4) is 0 Å². The molecule has 0 spiro atoms. The molecule has 1 fully saturated rings. The van der Waals surface area contributed by atoms with E-state index in [0.29, 0.717) is 0 Å². The number of aliphatic hydroxyl groups excluding tert-OH is 2. The average molecular weight is 189 g/mol. The van der Waals surface area contributed by atoms with Crippen molar-refractivity contribution >= 4 is 5.91 Å². The van der Waals surface area contributed by atoms with Gasteiger partial charge in [-0.25, -0.2) is 0 Å². The lowest BCUT2D eigenvalue weighted by molar-refractivity contribution is -0.202. The number of carbonyl (C=O) groups is 1. The molecule has 0 aliphatic carbocycles. The summed E-state index contributed by atoms with van der Waals surface area (Å²) in [6.45, 7) is 3.03. The second-order valence-corrected chi connectivity index (χ2v) is 3.33. The highest BCUT2D eigenvalue weighted by Gasteiger charge is 2.34. The van der Waals surface area contributed by atoms with Gasteiger partial charge in [0.15, 0.2) is 6.29 Å². The van der Waals surface area contributed by atoms with Crippen molar-refractivity contribution in [3.8, 4) is 0 Å². The summed E-state index contributed by atoms with van der Waals surface area (Å²) in [6, 6.07) is -0.420. The third-order valence-electron chi connectivity index (χ3n) is 2.11.